The second-order valence-corrected chi connectivity index (χ2v) is 6.39. The Morgan fingerprint density at radius 2 is 1.95 bits per heavy atom. The van der Waals surface area contributed by atoms with Gasteiger partial charge in [0.05, 0.1) is 0 Å². The molecule has 0 atom stereocenters. The molecule has 1 heterocycles. The summed E-state index contributed by atoms with van der Waals surface area (Å²) in [5.74, 6) is 0.399. The van der Waals surface area contributed by atoms with Crippen molar-refractivity contribution in [3.8, 4) is 0 Å². The molecule has 0 unspecified atom stereocenters. The van der Waals surface area contributed by atoms with Gasteiger partial charge in [-0.05, 0) is 45.1 Å². The number of anilines is 1. The molecular weight excluding hydrogens is 288 g/mol. The Bertz CT molecular complexity index is 515. The maximum absolute atomic E-state index is 12.3. The number of hydrogen-bond donors (Lipinski definition) is 2. The Kier molecular flexibility index (Phi) is 7.63. The molecule has 0 spiro atoms. The predicted octanol–water partition coefficient (Wildman–Crippen LogP) is 1.52. The fraction of sp³-hybridized carbons (Fsp3) is 0.643. The Balaban J connectivity index is 2.61. The standard InChI is InChI=1S/C14H26N4O2S/c1-4-15-14-13(9-7-10-16-14)21(19,20)17-11-8-12-18(5-2)6-3/h7,9-10,17H,4-6,8,11-12H2,1-3H3,(H,15,16). The monoisotopic (exact) mass is 314 g/mol. The van der Waals surface area contributed by atoms with Gasteiger partial charge in [0.2, 0.25) is 10.0 Å². The molecule has 0 bridgehead atoms. The molecule has 0 radical (unpaired) electrons. The van der Waals surface area contributed by atoms with E-state index in [9.17, 15) is 8.42 Å². The second-order valence-electron chi connectivity index (χ2n) is 4.66. The van der Waals surface area contributed by atoms with E-state index in [0.29, 0.717) is 18.9 Å². The lowest BCUT2D eigenvalue weighted by Gasteiger charge is -2.18. The molecule has 2 N–H and O–H groups in total. The Labute approximate surface area is 128 Å². The van der Waals surface area contributed by atoms with Crippen molar-refractivity contribution in [2.45, 2.75) is 32.1 Å². The van der Waals surface area contributed by atoms with Crippen LogP contribution in [0.3, 0.4) is 0 Å². The number of sulfonamides is 1. The molecule has 0 amide bonds. The van der Waals surface area contributed by atoms with Crippen LogP contribution in [-0.4, -0.2) is 51.0 Å². The smallest absolute Gasteiger partial charge is 0.244 e. The summed E-state index contributed by atoms with van der Waals surface area (Å²) in [6.45, 7) is 10.0. The molecular formula is C14H26N4O2S. The van der Waals surface area contributed by atoms with Gasteiger partial charge in [-0.25, -0.2) is 18.1 Å². The molecule has 0 aliphatic rings. The molecule has 1 rings (SSSR count). The predicted molar refractivity (Wildman–Crippen MR) is 86.0 cm³/mol. The summed E-state index contributed by atoms with van der Waals surface area (Å²) >= 11 is 0. The summed E-state index contributed by atoms with van der Waals surface area (Å²) in [4.78, 5) is 6.55. The highest BCUT2D eigenvalue weighted by Crippen LogP contribution is 2.17. The molecule has 1 aromatic rings. The van der Waals surface area contributed by atoms with Gasteiger partial charge in [0, 0.05) is 19.3 Å². The van der Waals surface area contributed by atoms with Gasteiger partial charge in [0.15, 0.2) is 0 Å². The van der Waals surface area contributed by atoms with E-state index in [1.165, 1.54) is 0 Å². The van der Waals surface area contributed by atoms with E-state index in [-0.39, 0.29) is 4.90 Å². The van der Waals surface area contributed by atoms with Gasteiger partial charge in [-0.3, -0.25) is 0 Å². The number of aromatic nitrogens is 1. The van der Waals surface area contributed by atoms with Gasteiger partial charge in [-0.1, -0.05) is 13.8 Å². The van der Waals surface area contributed by atoms with Crippen molar-refractivity contribution in [2.24, 2.45) is 0 Å². The van der Waals surface area contributed by atoms with Gasteiger partial charge in [0.25, 0.3) is 0 Å². The second kappa shape index (κ2) is 8.96. The fourth-order valence-electron chi connectivity index (χ4n) is 2.03. The van der Waals surface area contributed by atoms with E-state index in [0.717, 1.165) is 26.1 Å². The first kappa shape index (κ1) is 17.9. The van der Waals surface area contributed by atoms with Crippen molar-refractivity contribution in [3.63, 3.8) is 0 Å². The van der Waals surface area contributed by atoms with Crippen molar-refractivity contribution in [1.29, 1.82) is 0 Å². The molecule has 0 aromatic carbocycles. The van der Waals surface area contributed by atoms with E-state index in [2.05, 4.69) is 33.8 Å². The zero-order valence-corrected chi connectivity index (χ0v) is 13.9. The van der Waals surface area contributed by atoms with Crippen molar-refractivity contribution in [3.05, 3.63) is 18.3 Å². The van der Waals surface area contributed by atoms with E-state index >= 15 is 0 Å². The summed E-state index contributed by atoms with van der Waals surface area (Å²) in [6.07, 6.45) is 2.37. The summed E-state index contributed by atoms with van der Waals surface area (Å²) in [5, 5.41) is 2.97. The van der Waals surface area contributed by atoms with Crippen LogP contribution >= 0.6 is 0 Å². The summed E-state index contributed by atoms with van der Waals surface area (Å²) < 4.78 is 27.3. The quantitative estimate of drug-likeness (QED) is 0.641. The van der Waals surface area contributed by atoms with E-state index in [4.69, 9.17) is 0 Å². The molecule has 0 fully saturated rings. The maximum Gasteiger partial charge on any atom is 0.244 e. The van der Waals surface area contributed by atoms with Crippen LogP contribution in [0.25, 0.3) is 0 Å². The van der Waals surface area contributed by atoms with E-state index in [1.807, 2.05) is 6.92 Å². The van der Waals surface area contributed by atoms with Gasteiger partial charge in [0.1, 0.15) is 10.7 Å². The lowest BCUT2D eigenvalue weighted by molar-refractivity contribution is 0.300. The molecule has 0 aliphatic carbocycles. The third kappa shape index (κ3) is 5.61. The Hall–Kier alpha value is -1.18. The Morgan fingerprint density at radius 1 is 1.24 bits per heavy atom. The minimum atomic E-state index is -3.52. The molecule has 0 saturated carbocycles. The van der Waals surface area contributed by atoms with Crippen molar-refractivity contribution in [2.75, 3.05) is 38.0 Å². The largest absolute Gasteiger partial charge is 0.369 e. The van der Waals surface area contributed by atoms with Gasteiger partial charge >= 0.3 is 0 Å². The summed E-state index contributed by atoms with van der Waals surface area (Å²) in [7, 11) is -3.52. The minimum absolute atomic E-state index is 0.203. The van der Waals surface area contributed by atoms with Crippen LogP contribution in [-0.2, 0) is 10.0 Å². The van der Waals surface area contributed by atoms with Crippen LogP contribution < -0.4 is 10.0 Å². The zero-order valence-electron chi connectivity index (χ0n) is 13.1. The zero-order chi connectivity index (χ0) is 15.7. The van der Waals surface area contributed by atoms with Gasteiger partial charge < -0.3 is 10.2 Å². The highest BCUT2D eigenvalue weighted by Gasteiger charge is 2.18. The van der Waals surface area contributed by atoms with Gasteiger partial charge in [-0.2, -0.15) is 0 Å². The molecule has 7 heteroatoms. The van der Waals surface area contributed by atoms with Crippen molar-refractivity contribution >= 4 is 15.8 Å². The third-order valence-corrected chi connectivity index (χ3v) is 4.73. The molecule has 0 saturated heterocycles. The van der Waals surface area contributed by atoms with E-state index < -0.39 is 10.0 Å². The first-order chi connectivity index (χ1) is 10.0. The highest BCUT2D eigenvalue weighted by atomic mass is 32.2. The fourth-order valence-corrected chi connectivity index (χ4v) is 3.24. The van der Waals surface area contributed by atoms with Crippen LogP contribution in [0.1, 0.15) is 27.2 Å². The molecule has 0 aliphatic heterocycles. The molecule has 21 heavy (non-hydrogen) atoms. The maximum atomic E-state index is 12.3. The number of nitrogens with zero attached hydrogens (tertiary/aromatic N) is 2. The number of pyridine rings is 1. The van der Waals surface area contributed by atoms with Crippen LogP contribution in [0.15, 0.2) is 23.2 Å². The van der Waals surface area contributed by atoms with E-state index in [1.54, 1.807) is 18.3 Å². The number of nitrogens with one attached hydrogen (secondary N) is 2. The normalized spacial score (nSPS) is 11.8. The molecule has 1 aromatic heterocycles. The average Bonchev–Trinajstić information content (AvgIpc) is 2.48. The van der Waals surface area contributed by atoms with Crippen molar-refractivity contribution < 1.29 is 8.42 Å². The SMILES string of the molecule is CCNc1ncccc1S(=O)(=O)NCCCN(CC)CC. The third-order valence-electron chi connectivity index (χ3n) is 3.24. The van der Waals surface area contributed by atoms with Crippen LogP contribution in [0, 0.1) is 0 Å². The highest BCUT2D eigenvalue weighted by molar-refractivity contribution is 7.89. The van der Waals surface area contributed by atoms with Gasteiger partial charge in [-0.15, -0.1) is 0 Å². The number of rotatable bonds is 10. The minimum Gasteiger partial charge on any atom is -0.369 e. The first-order valence-corrected chi connectivity index (χ1v) is 8.94. The van der Waals surface area contributed by atoms with Crippen LogP contribution in [0.2, 0.25) is 0 Å². The lowest BCUT2D eigenvalue weighted by Crippen LogP contribution is -2.30. The average molecular weight is 314 g/mol. The Morgan fingerprint density at radius 3 is 2.57 bits per heavy atom. The summed E-state index contributed by atoms with van der Waals surface area (Å²) in [5.41, 5.74) is 0. The lowest BCUT2D eigenvalue weighted by atomic mass is 10.4. The molecule has 120 valence electrons. The van der Waals surface area contributed by atoms with Crippen LogP contribution in [0.5, 0.6) is 0 Å². The van der Waals surface area contributed by atoms with Crippen LogP contribution in [0.4, 0.5) is 5.82 Å². The number of hydrogen-bond acceptors (Lipinski definition) is 5. The van der Waals surface area contributed by atoms with Crippen molar-refractivity contribution in [1.82, 2.24) is 14.6 Å². The first-order valence-electron chi connectivity index (χ1n) is 7.46. The topological polar surface area (TPSA) is 74.3 Å². The molecule has 6 nitrogen and oxygen atoms in total. The summed E-state index contributed by atoms with van der Waals surface area (Å²) in [6, 6.07) is 3.20.